The highest BCUT2D eigenvalue weighted by atomic mass is 16.2. The fourth-order valence-corrected chi connectivity index (χ4v) is 1.29. The standard InChI is InChI=1S/C11H17N5O2/c1-11(2,10(18)13-3)6-14-8-5-4-7(9(12)17)15-16-8/h4-5H,6H2,1-3H3,(H2,12,17)(H,13,18)(H,14,16). The van der Waals surface area contributed by atoms with Crippen molar-refractivity contribution in [3.8, 4) is 0 Å². The van der Waals surface area contributed by atoms with E-state index in [0.717, 1.165) is 0 Å². The van der Waals surface area contributed by atoms with Crippen LogP contribution in [-0.2, 0) is 4.79 Å². The molecule has 2 amide bonds. The molecule has 0 fully saturated rings. The van der Waals surface area contributed by atoms with Crippen molar-refractivity contribution in [1.82, 2.24) is 15.5 Å². The molecule has 0 bridgehead atoms. The van der Waals surface area contributed by atoms with Crippen LogP contribution < -0.4 is 16.4 Å². The summed E-state index contributed by atoms with van der Waals surface area (Å²) in [7, 11) is 1.59. The van der Waals surface area contributed by atoms with E-state index >= 15 is 0 Å². The highest BCUT2D eigenvalue weighted by molar-refractivity contribution is 5.90. The van der Waals surface area contributed by atoms with Crippen LogP contribution in [0.3, 0.4) is 0 Å². The number of nitrogens with zero attached hydrogens (tertiary/aromatic N) is 2. The molecule has 0 aliphatic carbocycles. The fraction of sp³-hybridized carbons (Fsp3) is 0.455. The Kier molecular flexibility index (Phi) is 4.19. The topological polar surface area (TPSA) is 110 Å². The highest BCUT2D eigenvalue weighted by Gasteiger charge is 2.26. The number of anilines is 1. The van der Waals surface area contributed by atoms with E-state index < -0.39 is 11.3 Å². The van der Waals surface area contributed by atoms with Gasteiger partial charge in [-0.1, -0.05) is 0 Å². The van der Waals surface area contributed by atoms with Gasteiger partial charge in [-0.15, -0.1) is 10.2 Å². The van der Waals surface area contributed by atoms with Gasteiger partial charge in [-0.3, -0.25) is 9.59 Å². The summed E-state index contributed by atoms with van der Waals surface area (Å²) in [6, 6.07) is 3.07. The molecule has 7 nitrogen and oxygen atoms in total. The van der Waals surface area contributed by atoms with Crippen LogP contribution >= 0.6 is 0 Å². The maximum absolute atomic E-state index is 11.5. The zero-order valence-corrected chi connectivity index (χ0v) is 10.7. The Morgan fingerprint density at radius 3 is 2.44 bits per heavy atom. The summed E-state index contributed by atoms with van der Waals surface area (Å²) in [5, 5.41) is 13.0. The van der Waals surface area contributed by atoms with Gasteiger partial charge in [0.1, 0.15) is 5.82 Å². The molecule has 0 aliphatic heterocycles. The zero-order valence-electron chi connectivity index (χ0n) is 10.7. The van der Waals surface area contributed by atoms with E-state index in [1.165, 1.54) is 6.07 Å². The third-order valence-electron chi connectivity index (χ3n) is 2.47. The van der Waals surface area contributed by atoms with Crippen LogP contribution in [0.4, 0.5) is 5.82 Å². The predicted octanol–water partition coefficient (Wildman–Crippen LogP) is -0.240. The minimum absolute atomic E-state index is 0.0725. The summed E-state index contributed by atoms with van der Waals surface area (Å²) in [5.74, 6) is -0.214. The van der Waals surface area contributed by atoms with Gasteiger partial charge >= 0.3 is 0 Å². The van der Waals surface area contributed by atoms with E-state index in [9.17, 15) is 9.59 Å². The Hall–Kier alpha value is -2.18. The first-order chi connectivity index (χ1) is 8.36. The second kappa shape index (κ2) is 5.44. The lowest BCUT2D eigenvalue weighted by atomic mass is 9.92. The smallest absolute Gasteiger partial charge is 0.269 e. The van der Waals surface area contributed by atoms with Crippen LogP contribution in [0.25, 0.3) is 0 Å². The van der Waals surface area contributed by atoms with Crippen LogP contribution in [0.5, 0.6) is 0 Å². The molecule has 0 aromatic carbocycles. The molecule has 0 radical (unpaired) electrons. The molecule has 1 heterocycles. The molecular formula is C11H17N5O2. The van der Waals surface area contributed by atoms with E-state index in [4.69, 9.17) is 5.73 Å². The molecule has 0 aliphatic rings. The molecular weight excluding hydrogens is 234 g/mol. The number of nitrogens with one attached hydrogen (secondary N) is 2. The second-order valence-corrected chi connectivity index (χ2v) is 4.48. The van der Waals surface area contributed by atoms with Gasteiger partial charge in [0.15, 0.2) is 5.69 Å². The lowest BCUT2D eigenvalue weighted by Crippen LogP contribution is -2.39. The summed E-state index contributed by atoms with van der Waals surface area (Å²) in [6.07, 6.45) is 0. The van der Waals surface area contributed by atoms with E-state index in [1.54, 1.807) is 13.1 Å². The summed E-state index contributed by atoms with van der Waals surface area (Å²) < 4.78 is 0. The van der Waals surface area contributed by atoms with Gasteiger partial charge in [-0.2, -0.15) is 0 Å². The number of aromatic nitrogens is 2. The Bertz CT molecular complexity index is 441. The quantitative estimate of drug-likeness (QED) is 0.669. The summed E-state index contributed by atoms with van der Waals surface area (Å²) in [4.78, 5) is 22.4. The minimum atomic E-state index is -0.625. The number of rotatable bonds is 5. The van der Waals surface area contributed by atoms with Crippen molar-refractivity contribution in [3.63, 3.8) is 0 Å². The summed E-state index contributed by atoms with van der Waals surface area (Å²) in [6.45, 7) is 4.02. The first-order valence-electron chi connectivity index (χ1n) is 5.46. The molecule has 0 atom stereocenters. The van der Waals surface area contributed by atoms with E-state index in [-0.39, 0.29) is 11.6 Å². The lowest BCUT2D eigenvalue weighted by Gasteiger charge is -2.22. The number of carbonyl (C=O) groups is 2. The van der Waals surface area contributed by atoms with E-state index in [2.05, 4.69) is 20.8 Å². The van der Waals surface area contributed by atoms with Crippen molar-refractivity contribution >= 4 is 17.6 Å². The Morgan fingerprint density at radius 1 is 1.33 bits per heavy atom. The van der Waals surface area contributed by atoms with Gasteiger partial charge in [0, 0.05) is 13.6 Å². The third-order valence-corrected chi connectivity index (χ3v) is 2.47. The lowest BCUT2D eigenvalue weighted by molar-refractivity contribution is -0.128. The number of hydrogen-bond acceptors (Lipinski definition) is 5. The third kappa shape index (κ3) is 3.41. The van der Waals surface area contributed by atoms with Gasteiger partial charge in [-0.25, -0.2) is 0 Å². The van der Waals surface area contributed by atoms with Crippen molar-refractivity contribution in [2.45, 2.75) is 13.8 Å². The number of carbonyl (C=O) groups excluding carboxylic acids is 2. The molecule has 18 heavy (non-hydrogen) atoms. The molecule has 7 heteroatoms. The average molecular weight is 251 g/mol. The monoisotopic (exact) mass is 251 g/mol. The van der Waals surface area contributed by atoms with Crippen LogP contribution in [0.15, 0.2) is 12.1 Å². The summed E-state index contributed by atoms with van der Waals surface area (Å²) >= 11 is 0. The van der Waals surface area contributed by atoms with E-state index in [0.29, 0.717) is 12.4 Å². The van der Waals surface area contributed by atoms with Crippen molar-refractivity contribution in [3.05, 3.63) is 17.8 Å². The number of hydrogen-bond donors (Lipinski definition) is 3. The van der Waals surface area contributed by atoms with E-state index in [1.807, 2.05) is 13.8 Å². The van der Waals surface area contributed by atoms with Gasteiger partial charge in [0.2, 0.25) is 5.91 Å². The SMILES string of the molecule is CNC(=O)C(C)(C)CNc1ccc(C(N)=O)nn1. The molecule has 0 unspecified atom stereocenters. The molecule has 1 aromatic heterocycles. The van der Waals surface area contributed by atoms with Gasteiger partial charge in [0.25, 0.3) is 5.91 Å². The predicted molar refractivity (Wildman–Crippen MR) is 66.9 cm³/mol. The Labute approximate surface area is 105 Å². The molecule has 4 N–H and O–H groups in total. The minimum Gasteiger partial charge on any atom is -0.368 e. The van der Waals surface area contributed by atoms with Gasteiger partial charge < -0.3 is 16.4 Å². The van der Waals surface area contributed by atoms with Crippen LogP contribution in [-0.4, -0.2) is 35.6 Å². The molecule has 0 spiro atoms. The summed E-state index contributed by atoms with van der Waals surface area (Å²) in [5.41, 5.74) is 4.58. The first-order valence-corrected chi connectivity index (χ1v) is 5.46. The normalized spacial score (nSPS) is 10.8. The number of nitrogens with two attached hydrogens (primary N) is 1. The number of primary amides is 1. The van der Waals surface area contributed by atoms with Crippen molar-refractivity contribution in [2.24, 2.45) is 11.1 Å². The molecule has 1 aromatic rings. The number of amides is 2. The maximum Gasteiger partial charge on any atom is 0.269 e. The van der Waals surface area contributed by atoms with Crippen LogP contribution in [0.2, 0.25) is 0 Å². The van der Waals surface area contributed by atoms with Gasteiger partial charge in [-0.05, 0) is 26.0 Å². The zero-order chi connectivity index (χ0) is 13.8. The largest absolute Gasteiger partial charge is 0.368 e. The van der Waals surface area contributed by atoms with Crippen molar-refractivity contribution < 1.29 is 9.59 Å². The molecule has 98 valence electrons. The molecule has 0 saturated heterocycles. The Morgan fingerprint density at radius 2 is 2.00 bits per heavy atom. The maximum atomic E-state index is 11.5. The van der Waals surface area contributed by atoms with Crippen molar-refractivity contribution in [2.75, 3.05) is 18.9 Å². The first kappa shape index (κ1) is 13.9. The second-order valence-electron chi connectivity index (χ2n) is 4.48. The average Bonchev–Trinajstić information content (AvgIpc) is 2.35. The highest BCUT2D eigenvalue weighted by Crippen LogP contribution is 2.15. The van der Waals surface area contributed by atoms with Crippen LogP contribution in [0.1, 0.15) is 24.3 Å². The molecule has 0 saturated carbocycles. The Balaban J connectivity index is 2.64. The molecule has 1 rings (SSSR count). The van der Waals surface area contributed by atoms with Crippen molar-refractivity contribution in [1.29, 1.82) is 0 Å². The van der Waals surface area contributed by atoms with Gasteiger partial charge in [0.05, 0.1) is 5.41 Å². The fourth-order valence-electron chi connectivity index (χ4n) is 1.29. The van der Waals surface area contributed by atoms with Crippen LogP contribution in [0, 0.1) is 5.41 Å².